The van der Waals surface area contributed by atoms with Gasteiger partial charge < -0.3 is 5.11 Å². The number of aliphatic hydroxyl groups excluding tert-OH is 1. The molecule has 0 radical (unpaired) electrons. The quantitative estimate of drug-likeness (QED) is 0.873. The van der Waals surface area contributed by atoms with Gasteiger partial charge in [0, 0.05) is 12.6 Å². The average molecular weight is 237 g/mol. The largest absolute Gasteiger partial charge is 0.392 e. The number of hydrogen-bond acceptors (Lipinski definition) is 2. The fraction of sp³-hybridized carbons (Fsp3) is 0.571. The maximum atomic E-state index is 12.9. The van der Waals surface area contributed by atoms with E-state index in [4.69, 9.17) is 0 Å². The number of rotatable bonds is 3. The molecular weight excluding hydrogens is 217 g/mol. The molecule has 1 N–H and O–H groups in total. The molecule has 1 saturated heterocycles. The summed E-state index contributed by atoms with van der Waals surface area (Å²) in [5.41, 5.74) is 1.14. The fourth-order valence-corrected chi connectivity index (χ4v) is 2.66. The van der Waals surface area contributed by atoms with Crippen LogP contribution in [0, 0.1) is 5.82 Å². The highest BCUT2D eigenvalue weighted by Crippen LogP contribution is 2.27. The van der Waals surface area contributed by atoms with Gasteiger partial charge in [0.25, 0.3) is 0 Å². The molecule has 2 atom stereocenters. The molecule has 0 saturated carbocycles. The van der Waals surface area contributed by atoms with E-state index in [0.717, 1.165) is 37.9 Å². The predicted octanol–water partition coefficient (Wildman–Crippen LogP) is 2.73. The second kappa shape index (κ2) is 5.61. The normalized spacial score (nSPS) is 23.6. The lowest BCUT2D eigenvalue weighted by Crippen LogP contribution is -2.40. The summed E-state index contributed by atoms with van der Waals surface area (Å²) in [6.45, 7) is 3.89. The molecule has 17 heavy (non-hydrogen) atoms. The predicted molar refractivity (Wildman–Crippen MR) is 66.2 cm³/mol. The van der Waals surface area contributed by atoms with Gasteiger partial charge in [-0.2, -0.15) is 0 Å². The van der Waals surface area contributed by atoms with E-state index in [-0.39, 0.29) is 11.9 Å². The smallest absolute Gasteiger partial charge is 0.123 e. The van der Waals surface area contributed by atoms with Crippen molar-refractivity contribution in [3.05, 3.63) is 35.6 Å². The molecule has 0 bridgehead atoms. The Morgan fingerprint density at radius 2 is 2.12 bits per heavy atom. The summed E-state index contributed by atoms with van der Waals surface area (Å²) in [5, 5.41) is 9.71. The van der Waals surface area contributed by atoms with E-state index in [1.165, 1.54) is 12.1 Å². The highest BCUT2D eigenvalue weighted by Gasteiger charge is 2.24. The zero-order valence-electron chi connectivity index (χ0n) is 10.3. The van der Waals surface area contributed by atoms with Crippen molar-refractivity contribution in [2.24, 2.45) is 0 Å². The maximum Gasteiger partial charge on any atom is 0.123 e. The van der Waals surface area contributed by atoms with Gasteiger partial charge in [-0.25, -0.2) is 4.39 Å². The molecule has 1 heterocycles. The summed E-state index contributed by atoms with van der Waals surface area (Å²) in [7, 11) is 0. The van der Waals surface area contributed by atoms with Gasteiger partial charge in [-0.1, -0.05) is 19.1 Å². The van der Waals surface area contributed by atoms with Crippen molar-refractivity contribution in [2.45, 2.75) is 38.3 Å². The second-order valence-electron chi connectivity index (χ2n) is 4.77. The van der Waals surface area contributed by atoms with Crippen LogP contribution in [-0.4, -0.2) is 29.2 Å². The van der Waals surface area contributed by atoms with Gasteiger partial charge in [0.2, 0.25) is 0 Å². The Labute approximate surface area is 102 Å². The molecule has 2 rings (SSSR count). The molecule has 1 aromatic carbocycles. The monoisotopic (exact) mass is 237 g/mol. The molecule has 0 spiro atoms. The van der Waals surface area contributed by atoms with E-state index in [2.05, 4.69) is 11.8 Å². The van der Waals surface area contributed by atoms with Gasteiger partial charge in [0.1, 0.15) is 5.82 Å². The van der Waals surface area contributed by atoms with Crippen LogP contribution in [0.5, 0.6) is 0 Å². The summed E-state index contributed by atoms with van der Waals surface area (Å²) < 4.78 is 12.9. The minimum atomic E-state index is -0.210. The van der Waals surface area contributed by atoms with Crippen molar-refractivity contribution in [3.8, 4) is 0 Å². The highest BCUT2D eigenvalue weighted by molar-refractivity contribution is 5.20. The minimum absolute atomic E-state index is 0.192. The molecule has 3 heteroatoms. The summed E-state index contributed by atoms with van der Waals surface area (Å²) in [6, 6.07) is 7.02. The number of piperidine rings is 1. The van der Waals surface area contributed by atoms with E-state index in [1.54, 1.807) is 0 Å². The van der Waals surface area contributed by atoms with Crippen LogP contribution in [-0.2, 0) is 0 Å². The number of benzene rings is 1. The Bertz CT molecular complexity index is 352. The summed E-state index contributed by atoms with van der Waals surface area (Å²) in [5.74, 6) is -0.192. The van der Waals surface area contributed by atoms with E-state index in [0.29, 0.717) is 6.04 Å². The lowest BCUT2D eigenvalue weighted by molar-refractivity contribution is 0.0448. The van der Waals surface area contributed by atoms with Crippen LogP contribution in [0.3, 0.4) is 0 Å². The van der Waals surface area contributed by atoms with Gasteiger partial charge in [-0.3, -0.25) is 4.90 Å². The van der Waals surface area contributed by atoms with Crippen molar-refractivity contribution in [1.29, 1.82) is 0 Å². The van der Waals surface area contributed by atoms with Crippen LogP contribution in [0.1, 0.15) is 37.8 Å². The molecule has 1 aliphatic heterocycles. The first-order chi connectivity index (χ1) is 8.20. The first-order valence-electron chi connectivity index (χ1n) is 6.38. The van der Waals surface area contributed by atoms with Crippen molar-refractivity contribution >= 4 is 0 Å². The van der Waals surface area contributed by atoms with Crippen molar-refractivity contribution in [3.63, 3.8) is 0 Å². The number of likely N-dealkylation sites (tertiary alicyclic amines) is 1. The van der Waals surface area contributed by atoms with Crippen LogP contribution >= 0.6 is 0 Å². The average Bonchev–Trinajstić information content (AvgIpc) is 2.33. The Kier molecular flexibility index (Phi) is 4.13. The van der Waals surface area contributed by atoms with Gasteiger partial charge >= 0.3 is 0 Å². The Balaban J connectivity index is 2.12. The van der Waals surface area contributed by atoms with Crippen molar-refractivity contribution in [2.75, 3.05) is 13.1 Å². The topological polar surface area (TPSA) is 23.5 Å². The van der Waals surface area contributed by atoms with Gasteiger partial charge in [0.05, 0.1) is 6.10 Å². The first-order valence-corrected chi connectivity index (χ1v) is 6.38. The summed E-state index contributed by atoms with van der Waals surface area (Å²) in [4.78, 5) is 2.31. The van der Waals surface area contributed by atoms with Crippen molar-refractivity contribution < 1.29 is 9.50 Å². The SMILES string of the molecule is CCC(c1ccc(F)cc1)N1CCCC(O)C1. The summed E-state index contributed by atoms with van der Waals surface area (Å²) in [6.07, 6.45) is 2.71. The molecule has 94 valence electrons. The number of β-amino-alcohol motifs (C(OH)–C–C–N with tert-alkyl or cyclic N) is 1. The number of halogens is 1. The molecule has 0 amide bonds. The lowest BCUT2D eigenvalue weighted by atomic mass is 9.99. The zero-order chi connectivity index (χ0) is 12.3. The second-order valence-corrected chi connectivity index (χ2v) is 4.77. The van der Waals surface area contributed by atoms with Crippen LogP contribution in [0.2, 0.25) is 0 Å². The van der Waals surface area contributed by atoms with Gasteiger partial charge in [0.15, 0.2) is 0 Å². The van der Waals surface area contributed by atoms with Crippen LogP contribution < -0.4 is 0 Å². The van der Waals surface area contributed by atoms with E-state index in [1.807, 2.05) is 12.1 Å². The van der Waals surface area contributed by atoms with Crippen LogP contribution in [0.15, 0.2) is 24.3 Å². The minimum Gasteiger partial charge on any atom is -0.392 e. The van der Waals surface area contributed by atoms with Crippen LogP contribution in [0.4, 0.5) is 4.39 Å². The van der Waals surface area contributed by atoms with E-state index < -0.39 is 0 Å². The summed E-state index contributed by atoms with van der Waals surface area (Å²) >= 11 is 0. The molecule has 2 unspecified atom stereocenters. The first kappa shape index (κ1) is 12.5. The Morgan fingerprint density at radius 3 is 2.71 bits per heavy atom. The van der Waals surface area contributed by atoms with Crippen molar-refractivity contribution in [1.82, 2.24) is 4.90 Å². The molecule has 2 nitrogen and oxygen atoms in total. The fourth-order valence-electron chi connectivity index (χ4n) is 2.66. The maximum absolute atomic E-state index is 12.9. The standard InChI is InChI=1S/C14H20FNO/c1-2-14(11-5-7-12(15)8-6-11)16-9-3-4-13(17)10-16/h5-8,13-14,17H,2-4,9-10H2,1H3. The Hall–Kier alpha value is -0.930. The number of nitrogens with zero attached hydrogens (tertiary/aromatic N) is 1. The number of hydrogen-bond donors (Lipinski definition) is 1. The molecule has 0 aromatic heterocycles. The van der Waals surface area contributed by atoms with E-state index >= 15 is 0 Å². The molecule has 1 aliphatic rings. The molecule has 0 aliphatic carbocycles. The van der Waals surface area contributed by atoms with Gasteiger partial charge in [-0.15, -0.1) is 0 Å². The number of aliphatic hydroxyl groups is 1. The third-order valence-corrected chi connectivity index (χ3v) is 3.51. The zero-order valence-corrected chi connectivity index (χ0v) is 10.3. The third-order valence-electron chi connectivity index (χ3n) is 3.51. The third kappa shape index (κ3) is 3.05. The Morgan fingerprint density at radius 1 is 1.41 bits per heavy atom. The molecule has 1 aromatic rings. The molecular formula is C14H20FNO. The van der Waals surface area contributed by atoms with Gasteiger partial charge in [-0.05, 0) is 43.5 Å². The highest BCUT2D eigenvalue weighted by atomic mass is 19.1. The van der Waals surface area contributed by atoms with Crippen LogP contribution in [0.25, 0.3) is 0 Å². The lowest BCUT2D eigenvalue weighted by Gasteiger charge is -2.36. The van der Waals surface area contributed by atoms with E-state index in [9.17, 15) is 9.50 Å². The molecule has 1 fully saturated rings.